The van der Waals surface area contributed by atoms with Crippen molar-refractivity contribution in [2.24, 2.45) is 5.92 Å². The summed E-state index contributed by atoms with van der Waals surface area (Å²) in [7, 11) is 1.59. The monoisotopic (exact) mass is 224 g/mol. The van der Waals surface area contributed by atoms with Gasteiger partial charge in [-0.2, -0.15) is 0 Å². The maximum Gasteiger partial charge on any atom is 0.191 e. The summed E-state index contributed by atoms with van der Waals surface area (Å²) in [6.45, 7) is 0. The Balaban J connectivity index is 2.18. The maximum atomic E-state index is 12.0. The van der Waals surface area contributed by atoms with Gasteiger partial charge in [-0.3, -0.25) is 4.79 Å². The van der Waals surface area contributed by atoms with Crippen molar-refractivity contribution in [3.63, 3.8) is 0 Å². The van der Waals surface area contributed by atoms with E-state index in [-0.39, 0.29) is 11.9 Å². The van der Waals surface area contributed by atoms with Crippen LogP contribution in [0.25, 0.3) is 0 Å². The Labute approximate surface area is 94.2 Å². The number of ketones is 1. The zero-order valence-electron chi connectivity index (χ0n) is 8.57. The van der Waals surface area contributed by atoms with Crippen LogP contribution in [0.4, 0.5) is 0 Å². The van der Waals surface area contributed by atoms with Crippen LogP contribution in [0.15, 0.2) is 24.3 Å². The third kappa shape index (κ3) is 2.39. The average molecular weight is 225 g/mol. The van der Waals surface area contributed by atoms with E-state index in [0.29, 0.717) is 16.5 Å². The normalized spacial score (nSPS) is 17.5. The lowest BCUT2D eigenvalue weighted by Crippen LogP contribution is -2.25. The van der Waals surface area contributed by atoms with Crippen molar-refractivity contribution >= 4 is 17.4 Å². The molecule has 0 saturated heterocycles. The molecule has 2 nitrogen and oxygen atoms in total. The molecule has 1 aliphatic rings. The molecule has 0 heterocycles. The highest BCUT2D eigenvalue weighted by atomic mass is 35.5. The van der Waals surface area contributed by atoms with Gasteiger partial charge in [-0.15, -0.1) is 0 Å². The van der Waals surface area contributed by atoms with E-state index in [0.717, 1.165) is 12.8 Å². The number of hydrogen-bond donors (Lipinski definition) is 0. The summed E-state index contributed by atoms with van der Waals surface area (Å²) in [5.41, 5.74) is 0.640. The molecule has 1 atom stereocenters. The van der Waals surface area contributed by atoms with Crippen molar-refractivity contribution in [2.75, 3.05) is 7.11 Å². The minimum Gasteiger partial charge on any atom is -0.373 e. The fraction of sp³-hybridized carbons (Fsp3) is 0.417. The molecule has 1 aromatic rings. The zero-order valence-corrected chi connectivity index (χ0v) is 9.33. The van der Waals surface area contributed by atoms with Crippen LogP contribution in [0, 0.1) is 5.92 Å². The summed E-state index contributed by atoms with van der Waals surface area (Å²) < 4.78 is 5.24. The van der Waals surface area contributed by atoms with Crippen LogP contribution in [0.2, 0.25) is 5.02 Å². The molecule has 0 aliphatic heterocycles. The van der Waals surface area contributed by atoms with Gasteiger partial charge in [0.25, 0.3) is 0 Å². The first kappa shape index (κ1) is 10.7. The number of hydrogen-bond acceptors (Lipinski definition) is 2. The average Bonchev–Trinajstić information content (AvgIpc) is 3.03. The molecule has 0 bridgehead atoms. The second-order valence-electron chi connectivity index (χ2n) is 3.87. The van der Waals surface area contributed by atoms with Crippen LogP contribution < -0.4 is 0 Å². The van der Waals surface area contributed by atoms with Crippen LogP contribution >= 0.6 is 11.6 Å². The van der Waals surface area contributed by atoms with Gasteiger partial charge in [-0.05, 0) is 30.9 Å². The summed E-state index contributed by atoms with van der Waals surface area (Å²) in [5.74, 6) is 0.448. The lowest BCUT2D eigenvalue weighted by Gasteiger charge is -2.12. The summed E-state index contributed by atoms with van der Waals surface area (Å²) in [5, 5.41) is 0.589. The van der Waals surface area contributed by atoms with Gasteiger partial charge in [0.05, 0.1) is 0 Å². The molecule has 80 valence electrons. The van der Waals surface area contributed by atoms with E-state index in [1.165, 1.54) is 0 Å². The zero-order chi connectivity index (χ0) is 10.8. The van der Waals surface area contributed by atoms with Gasteiger partial charge in [-0.1, -0.05) is 23.7 Å². The van der Waals surface area contributed by atoms with Crippen molar-refractivity contribution in [1.29, 1.82) is 0 Å². The second kappa shape index (κ2) is 4.33. The Hall–Kier alpha value is -0.860. The molecule has 0 N–H and O–H groups in total. The van der Waals surface area contributed by atoms with Crippen molar-refractivity contribution in [3.8, 4) is 0 Å². The van der Waals surface area contributed by atoms with Gasteiger partial charge in [0.2, 0.25) is 0 Å². The number of halogens is 1. The predicted octanol–water partition coefficient (Wildman–Crippen LogP) is 2.95. The van der Waals surface area contributed by atoms with Gasteiger partial charge in [0.1, 0.15) is 6.10 Å². The SMILES string of the molecule is COC(C(=O)c1cccc(Cl)c1)C1CC1. The van der Waals surface area contributed by atoms with E-state index < -0.39 is 0 Å². The molecule has 15 heavy (non-hydrogen) atoms. The summed E-state index contributed by atoms with van der Waals surface area (Å²) >= 11 is 5.84. The number of ether oxygens (including phenoxy) is 1. The minimum atomic E-state index is -0.288. The van der Waals surface area contributed by atoms with E-state index >= 15 is 0 Å². The van der Waals surface area contributed by atoms with E-state index in [1.54, 1.807) is 31.4 Å². The second-order valence-corrected chi connectivity index (χ2v) is 4.30. The maximum absolute atomic E-state index is 12.0. The van der Waals surface area contributed by atoms with Crippen LogP contribution in [-0.2, 0) is 4.74 Å². The number of methoxy groups -OCH3 is 1. The van der Waals surface area contributed by atoms with Crippen molar-refractivity contribution in [2.45, 2.75) is 18.9 Å². The molecule has 1 aliphatic carbocycles. The highest BCUT2D eigenvalue weighted by Gasteiger charge is 2.36. The number of carbonyl (C=O) groups excluding carboxylic acids is 1. The molecule has 0 amide bonds. The van der Waals surface area contributed by atoms with Crippen LogP contribution in [0.1, 0.15) is 23.2 Å². The third-order valence-corrected chi connectivity index (χ3v) is 2.91. The van der Waals surface area contributed by atoms with E-state index in [4.69, 9.17) is 16.3 Å². The van der Waals surface area contributed by atoms with Crippen LogP contribution in [-0.4, -0.2) is 19.0 Å². The molecule has 1 aromatic carbocycles. The highest BCUT2D eigenvalue weighted by molar-refractivity contribution is 6.31. The molecular weight excluding hydrogens is 212 g/mol. The Morgan fingerprint density at radius 2 is 2.27 bits per heavy atom. The Bertz CT molecular complexity index is 372. The highest BCUT2D eigenvalue weighted by Crippen LogP contribution is 2.35. The van der Waals surface area contributed by atoms with E-state index in [2.05, 4.69) is 0 Å². The standard InChI is InChI=1S/C12H13ClO2/c1-15-12(8-5-6-8)11(14)9-3-2-4-10(13)7-9/h2-4,7-8,12H,5-6H2,1H3. The predicted molar refractivity (Wildman–Crippen MR) is 59.3 cm³/mol. The van der Waals surface area contributed by atoms with Crippen LogP contribution in [0.5, 0.6) is 0 Å². The first-order valence-electron chi connectivity index (χ1n) is 5.05. The molecule has 2 rings (SSSR count). The molecule has 1 fully saturated rings. The first-order chi connectivity index (χ1) is 7.22. The molecule has 0 spiro atoms. The lowest BCUT2D eigenvalue weighted by molar-refractivity contribution is 0.0540. The smallest absolute Gasteiger partial charge is 0.191 e. The van der Waals surface area contributed by atoms with Gasteiger partial charge in [0.15, 0.2) is 5.78 Å². The first-order valence-corrected chi connectivity index (χ1v) is 5.42. The molecule has 1 unspecified atom stereocenters. The molecule has 1 saturated carbocycles. The minimum absolute atomic E-state index is 0.0440. The Morgan fingerprint density at radius 1 is 1.53 bits per heavy atom. The number of Topliss-reactive ketones (excluding diaryl/α,β-unsaturated/α-hetero) is 1. The fourth-order valence-electron chi connectivity index (χ4n) is 1.72. The summed E-state index contributed by atoms with van der Waals surface area (Å²) in [4.78, 5) is 12.0. The van der Waals surface area contributed by atoms with E-state index in [1.807, 2.05) is 0 Å². The molecule has 0 aromatic heterocycles. The van der Waals surface area contributed by atoms with Gasteiger partial charge in [-0.25, -0.2) is 0 Å². The van der Waals surface area contributed by atoms with Gasteiger partial charge < -0.3 is 4.74 Å². The summed E-state index contributed by atoms with van der Waals surface area (Å²) in [6.07, 6.45) is 1.89. The van der Waals surface area contributed by atoms with Crippen molar-refractivity contribution in [3.05, 3.63) is 34.9 Å². The van der Waals surface area contributed by atoms with Crippen LogP contribution in [0.3, 0.4) is 0 Å². The number of rotatable bonds is 4. The Kier molecular flexibility index (Phi) is 3.08. The quantitative estimate of drug-likeness (QED) is 0.735. The van der Waals surface area contributed by atoms with Gasteiger partial charge in [0, 0.05) is 17.7 Å². The third-order valence-electron chi connectivity index (χ3n) is 2.67. The van der Waals surface area contributed by atoms with Crippen molar-refractivity contribution < 1.29 is 9.53 Å². The number of benzene rings is 1. The topological polar surface area (TPSA) is 26.3 Å². The summed E-state index contributed by atoms with van der Waals surface area (Å²) in [6, 6.07) is 7.02. The molecular formula is C12H13ClO2. The molecule has 3 heteroatoms. The van der Waals surface area contributed by atoms with Crippen molar-refractivity contribution in [1.82, 2.24) is 0 Å². The molecule has 0 radical (unpaired) electrons. The Morgan fingerprint density at radius 3 is 2.80 bits per heavy atom. The number of carbonyl (C=O) groups is 1. The fourth-order valence-corrected chi connectivity index (χ4v) is 1.91. The lowest BCUT2D eigenvalue weighted by atomic mass is 10.0. The van der Waals surface area contributed by atoms with Gasteiger partial charge >= 0.3 is 0 Å². The van der Waals surface area contributed by atoms with E-state index in [9.17, 15) is 4.79 Å². The largest absolute Gasteiger partial charge is 0.373 e.